The van der Waals surface area contributed by atoms with Gasteiger partial charge in [-0.05, 0) is 35.7 Å². The molecule has 0 aliphatic carbocycles. The summed E-state index contributed by atoms with van der Waals surface area (Å²) < 4.78 is 1.87. The highest BCUT2D eigenvalue weighted by Crippen LogP contribution is 2.21. The van der Waals surface area contributed by atoms with Gasteiger partial charge in [-0.15, -0.1) is 0 Å². The van der Waals surface area contributed by atoms with Crippen molar-refractivity contribution >= 4 is 11.0 Å². The van der Waals surface area contributed by atoms with E-state index in [0.29, 0.717) is 5.92 Å². The third kappa shape index (κ3) is 2.67. The molecule has 0 bridgehead atoms. The molecule has 0 aliphatic rings. The van der Waals surface area contributed by atoms with E-state index in [1.54, 1.807) is 6.20 Å². The normalized spacial score (nSPS) is 11.3. The molecule has 0 amide bonds. The summed E-state index contributed by atoms with van der Waals surface area (Å²) in [6.07, 6.45) is 5.61. The molecule has 24 heavy (non-hydrogen) atoms. The van der Waals surface area contributed by atoms with E-state index in [1.807, 2.05) is 41.3 Å². The molecular formula is C20H18N4. The Balaban J connectivity index is 1.68. The highest BCUT2D eigenvalue weighted by atomic mass is 15.3. The number of hydrogen-bond donors (Lipinski definition) is 0. The summed E-state index contributed by atoms with van der Waals surface area (Å²) in [4.78, 5) is 9.14. The molecule has 4 heteroatoms. The van der Waals surface area contributed by atoms with Crippen molar-refractivity contribution < 1.29 is 0 Å². The van der Waals surface area contributed by atoms with E-state index in [9.17, 15) is 0 Å². The molecule has 0 saturated heterocycles. The zero-order valence-corrected chi connectivity index (χ0v) is 13.7. The van der Waals surface area contributed by atoms with Gasteiger partial charge in [0.25, 0.3) is 0 Å². The summed E-state index contributed by atoms with van der Waals surface area (Å²) in [5, 5.41) is 4.47. The summed E-state index contributed by atoms with van der Waals surface area (Å²) in [5.74, 6) is 0.528. The lowest BCUT2D eigenvalue weighted by atomic mass is 10.0. The highest BCUT2D eigenvalue weighted by Gasteiger charge is 2.07. The van der Waals surface area contributed by atoms with E-state index in [1.165, 1.54) is 5.56 Å². The maximum absolute atomic E-state index is 4.67. The third-order valence-electron chi connectivity index (χ3n) is 4.15. The van der Waals surface area contributed by atoms with E-state index in [4.69, 9.17) is 0 Å². The van der Waals surface area contributed by atoms with Crippen LogP contribution in [-0.4, -0.2) is 19.7 Å². The standard InChI is InChI=1S/C20H18N4/c1-14(2)15-7-9-17(10-8-15)24-13-16(11-22-24)20-12-21-18-5-3-4-6-19(18)23-20/h3-14H,1-2H3. The van der Waals surface area contributed by atoms with Crippen molar-refractivity contribution in [3.8, 4) is 16.9 Å². The first-order chi connectivity index (χ1) is 11.7. The van der Waals surface area contributed by atoms with Crippen LogP contribution in [0.25, 0.3) is 28.0 Å². The smallest absolute Gasteiger partial charge is 0.0924 e. The van der Waals surface area contributed by atoms with Crippen LogP contribution in [0.15, 0.2) is 67.1 Å². The second kappa shape index (κ2) is 5.89. The van der Waals surface area contributed by atoms with E-state index in [-0.39, 0.29) is 0 Å². The SMILES string of the molecule is CC(C)c1ccc(-n2cc(-c3cnc4ccccc4n3)cn2)cc1. The quantitative estimate of drug-likeness (QED) is 0.555. The van der Waals surface area contributed by atoms with Crippen LogP contribution in [0.4, 0.5) is 0 Å². The highest BCUT2D eigenvalue weighted by molar-refractivity contribution is 5.76. The Kier molecular flexibility index (Phi) is 3.58. The van der Waals surface area contributed by atoms with Gasteiger partial charge in [-0.1, -0.05) is 38.1 Å². The van der Waals surface area contributed by atoms with Crippen molar-refractivity contribution in [2.45, 2.75) is 19.8 Å². The van der Waals surface area contributed by atoms with Gasteiger partial charge in [0.05, 0.1) is 34.8 Å². The van der Waals surface area contributed by atoms with Crippen LogP contribution in [-0.2, 0) is 0 Å². The predicted molar refractivity (Wildman–Crippen MR) is 96.2 cm³/mol. The lowest BCUT2D eigenvalue weighted by Gasteiger charge is -2.06. The maximum atomic E-state index is 4.67. The molecule has 0 fully saturated rings. The van der Waals surface area contributed by atoms with Gasteiger partial charge in [0.2, 0.25) is 0 Å². The summed E-state index contributed by atoms with van der Waals surface area (Å²) in [7, 11) is 0. The van der Waals surface area contributed by atoms with Gasteiger partial charge in [0.15, 0.2) is 0 Å². The van der Waals surface area contributed by atoms with Crippen molar-refractivity contribution in [2.75, 3.05) is 0 Å². The Bertz CT molecular complexity index is 984. The zero-order chi connectivity index (χ0) is 16.5. The van der Waals surface area contributed by atoms with E-state index < -0.39 is 0 Å². The zero-order valence-electron chi connectivity index (χ0n) is 13.7. The lowest BCUT2D eigenvalue weighted by molar-refractivity contribution is 0.854. The fraction of sp³-hybridized carbons (Fsp3) is 0.150. The Labute approximate surface area is 140 Å². The van der Waals surface area contributed by atoms with Gasteiger partial charge >= 0.3 is 0 Å². The average molecular weight is 314 g/mol. The van der Waals surface area contributed by atoms with Crippen LogP contribution in [0, 0.1) is 0 Å². The van der Waals surface area contributed by atoms with Gasteiger partial charge in [0.1, 0.15) is 0 Å². The second-order valence-corrected chi connectivity index (χ2v) is 6.16. The van der Waals surface area contributed by atoms with Crippen molar-refractivity contribution in [3.05, 3.63) is 72.7 Å². The molecule has 2 aromatic carbocycles. The minimum Gasteiger partial charge on any atom is -0.252 e. The molecule has 0 atom stereocenters. The molecule has 0 saturated carbocycles. The topological polar surface area (TPSA) is 43.6 Å². The molecule has 0 radical (unpaired) electrons. The van der Waals surface area contributed by atoms with Crippen LogP contribution in [0.2, 0.25) is 0 Å². The van der Waals surface area contributed by atoms with E-state index in [0.717, 1.165) is 28.0 Å². The fourth-order valence-electron chi connectivity index (χ4n) is 2.70. The Hall–Kier alpha value is -3.01. The molecule has 0 N–H and O–H groups in total. The van der Waals surface area contributed by atoms with Crippen LogP contribution < -0.4 is 0 Å². The molecule has 0 unspecified atom stereocenters. The lowest BCUT2D eigenvalue weighted by Crippen LogP contribution is -1.95. The first-order valence-electron chi connectivity index (χ1n) is 8.08. The minimum atomic E-state index is 0.528. The van der Waals surface area contributed by atoms with Gasteiger partial charge in [-0.3, -0.25) is 4.98 Å². The number of nitrogens with zero attached hydrogens (tertiary/aromatic N) is 4. The second-order valence-electron chi connectivity index (χ2n) is 6.16. The van der Waals surface area contributed by atoms with E-state index in [2.05, 4.69) is 53.2 Å². The van der Waals surface area contributed by atoms with Gasteiger partial charge in [-0.25, -0.2) is 9.67 Å². The minimum absolute atomic E-state index is 0.528. The number of benzene rings is 2. The molecule has 4 nitrogen and oxygen atoms in total. The van der Waals surface area contributed by atoms with Gasteiger partial charge < -0.3 is 0 Å². The van der Waals surface area contributed by atoms with Crippen molar-refractivity contribution in [1.29, 1.82) is 0 Å². The van der Waals surface area contributed by atoms with Gasteiger partial charge in [0, 0.05) is 11.8 Å². The fourth-order valence-corrected chi connectivity index (χ4v) is 2.70. The Morgan fingerprint density at radius 3 is 2.38 bits per heavy atom. The Morgan fingerprint density at radius 1 is 0.875 bits per heavy atom. The third-order valence-corrected chi connectivity index (χ3v) is 4.15. The molecule has 2 aromatic heterocycles. The number of hydrogen-bond acceptors (Lipinski definition) is 3. The molecule has 4 aromatic rings. The molecule has 2 heterocycles. The largest absolute Gasteiger partial charge is 0.252 e. The molecular weight excluding hydrogens is 296 g/mol. The summed E-state index contributed by atoms with van der Waals surface area (Å²) in [6, 6.07) is 16.4. The van der Waals surface area contributed by atoms with Crippen LogP contribution >= 0.6 is 0 Å². The summed E-state index contributed by atoms with van der Waals surface area (Å²) in [6.45, 7) is 4.39. The average Bonchev–Trinajstić information content (AvgIpc) is 3.11. The summed E-state index contributed by atoms with van der Waals surface area (Å²) >= 11 is 0. The molecule has 0 spiro atoms. The monoisotopic (exact) mass is 314 g/mol. The van der Waals surface area contributed by atoms with Crippen LogP contribution in [0.5, 0.6) is 0 Å². The molecule has 4 rings (SSSR count). The molecule has 118 valence electrons. The predicted octanol–water partition coefficient (Wildman–Crippen LogP) is 4.61. The number of fused-ring (bicyclic) bond motifs is 1. The number of rotatable bonds is 3. The van der Waals surface area contributed by atoms with Crippen molar-refractivity contribution in [2.24, 2.45) is 0 Å². The first-order valence-corrected chi connectivity index (χ1v) is 8.08. The number of para-hydroxylation sites is 2. The maximum Gasteiger partial charge on any atom is 0.0924 e. The van der Waals surface area contributed by atoms with Crippen molar-refractivity contribution in [1.82, 2.24) is 19.7 Å². The van der Waals surface area contributed by atoms with Gasteiger partial charge in [-0.2, -0.15) is 5.10 Å². The van der Waals surface area contributed by atoms with Crippen LogP contribution in [0.3, 0.4) is 0 Å². The van der Waals surface area contributed by atoms with Crippen LogP contribution in [0.1, 0.15) is 25.3 Å². The summed E-state index contributed by atoms with van der Waals surface area (Å²) in [5.41, 5.74) is 5.95. The van der Waals surface area contributed by atoms with E-state index >= 15 is 0 Å². The Morgan fingerprint density at radius 2 is 1.62 bits per heavy atom. The number of aromatic nitrogens is 4. The molecule has 0 aliphatic heterocycles. The first kappa shape index (κ1) is 14.6. The van der Waals surface area contributed by atoms with Crippen molar-refractivity contribution in [3.63, 3.8) is 0 Å².